The van der Waals surface area contributed by atoms with Gasteiger partial charge in [-0.3, -0.25) is 4.79 Å². The molecule has 1 aromatic heterocycles. The van der Waals surface area contributed by atoms with Gasteiger partial charge in [0.1, 0.15) is 11.0 Å². The van der Waals surface area contributed by atoms with Crippen molar-refractivity contribution < 1.29 is 14.3 Å². The number of nitrogens with one attached hydrogen (secondary N) is 1. The fourth-order valence-corrected chi connectivity index (χ4v) is 3.62. The van der Waals surface area contributed by atoms with Crippen molar-refractivity contribution in [1.29, 1.82) is 0 Å². The zero-order valence-electron chi connectivity index (χ0n) is 14.0. The molecule has 2 atom stereocenters. The molecule has 128 valence electrons. The van der Waals surface area contributed by atoms with Crippen LogP contribution in [-0.4, -0.2) is 36.3 Å². The summed E-state index contributed by atoms with van der Waals surface area (Å²) in [6.45, 7) is 5.43. The van der Waals surface area contributed by atoms with Crippen molar-refractivity contribution in [2.75, 3.05) is 13.2 Å². The molecule has 24 heavy (non-hydrogen) atoms. The highest BCUT2D eigenvalue weighted by Gasteiger charge is 2.29. The molecule has 0 aliphatic carbocycles. The van der Waals surface area contributed by atoms with E-state index in [0.29, 0.717) is 24.7 Å². The Morgan fingerprint density at radius 2 is 2.17 bits per heavy atom. The molecule has 0 radical (unpaired) electrons. The summed E-state index contributed by atoms with van der Waals surface area (Å²) in [6, 6.07) is 9.97. The van der Waals surface area contributed by atoms with E-state index in [1.54, 1.807) is 0 Å². The number of thiazole rings is 1. The molecule has 0 bridgehead atoms. The largest absolute Gasteiger partial charge is 0.379 e. The van der Waals surface area contributed by atoms with E-state index in [4.69, 9.17) is 9.47 Å². The fourth-order valence-electron chi connectivity index (χ4n) is 2.79. The number of rotatable bonds is 5. The molecule has 1 N–H and O–H groups in total. The minimum Gasteiger partial charge on any atom is -0.379 e. The summed E-state index contributed by atoms with van der Waals surface area (Å²) in [5, 5.41) is 4.01. The Bertz CT molecular complexity index is 687. The Morgan fingerprint density at radius 1 is 1.38 bits per heavy atom. The number of amides is 1. The average molecular weight is 346 g/mol. The molecule has 1 aromatic carbocycles. The van der Waals surface area contributed by atoms with Crippen LogP contribution < -0.4 is 5.32 Å². The number of nitrogens with zero attached hydrogens (tertiary/aromatic N) is 1. The normalized spacial score (nSPS) is 20.8. The van der Waals surface area contributed by atoms with Crippen LogP contribution in [-0.2, 0) is 16.1 Å². The Morgan fingerprint density at radius 3 is 2.88 bits per heavy atom. The van der Waals surface area contributed by atoms with E-state index in [9.17, 15) is 4.79 Å². The van der Waals surface area contributed by atoms with Gasteiger partial charge in [-0.25, -0.2) is 4.98 Å². The minimum absolute atomic E-state index is 0.0447. The number of aromatic nitrogens is 1. The van der Waals surface area contributed by atoms with Crippen LogP contribution in [0.1, 0.15) is 32.4 Å². The summed E-state index contributed by atoms with van der Waals surface area (Å²) in [5.41, 5.74) is 1.89. The van der Waals surface area contributed by atoms with Crippen LogP contribution in [0.3, 0.4) is 0 Å². The number of carbonyl (C=O) groups is 1. The second-order valence-electron chi connectivity index (χ2n) is 5.93. The van der Waals surface area contributed by atoms with Crippen molar-refractivity contribution >= 4 is 17.2 Å². The third kappa shape index (κ3) is 4.20. The number of carbonyl (C=O) groups excluding carboxylic acids is 1. The highest BCUT2D eigenvalue weighted by atomic mass is 32.1. The lowest BCUT2D eigenvalue weighted by molar-refractivity contribution is -0.0735. The first-order valence-corrected chi connectivity index (χ1v) is 8.93. The number of hydrogen-bond acceptors (Lipinski definition) is 5. The number of benzene rings is 1. The van der Waals surface area contributed by atoms with E-state index in [1.165, 1.54) is 11.3 Å². The standard InChI is InChI=1S/C18H22N2O3S/c1-12-17(24-13(2)19-12)18(21)20-15-8-9-22-11-16(15)23-10-14-6-4-3-5-7-14/h3-7,15-16H,8-11H2,1-2H3,(H,20,21)/t15-,16-/m1/s1. The molecule has 1 saturated heterocycles. The van der Waals surface area contributed by atoms with Crippen molar-refractivity contribution in [2.24, 2.45) is 0 Å². The van der Waals surface area contributed by atoms with Crippen molar-refractivity contribution in [3.63, 3.8) is 0 Å². The lowest BCUT2D eigenvalue weighted by Crippen LogP contribution is -2.49. The number of ether oxygens (including phenoxy) is 2. The van der Waals surface area contributed by atoms with Gasteiger partial charge in [-0.1, -0.05) is 30.3 Å². The zero-order chi connectivity index (χ0) is 16.9. The molecule has 0 spiro atoms. The van der Waals surface area contributed by atoms with Gasteiger partial charge < -0.3 is 14.8 Å². The molecule has 0 unspecified atom stereocenters. The van der Waals surface area contributed by atoms with Crippen LogP contribution in [0.5, 0.6) is 0 Å². The molecule has 1 aliphatic rings. The lowest BCUT2D eigenvalue weighted by atomic mass is 10.1. The molecular formula is C18H22N2O3S. The third-order valence-corrected chi connectivity index (χ3v) is 5.11. The number of hydrogen-bond donors (Lipinski definition) is 1. The Hall–Kier alpha value is -1.76. The minimum atomic E-state index is -0.141. The molecule has 0 saturated carbocycles. The first kappa shape index (κ1) is 17.1. The Kier molecular flexibility index (Phi) is 5.60. The lowest BCUT2D eigenvalue weighted by Gasteiger charge is -2.32. The summed E-state index contributed by atoms with van der Waals surface area (Å²) in [7, 11) is 0. The van der Waals surface area contributed by atoms with Gasteiger partial charge in [-0.05, 0) is 25.8 Å². The monoisotopic (exact) mass is 346 g/mol. The van der Waals surface area contributed by atoms with Crippen molar-refractivity contribution in [3.05, 3.63) is 51.5 Å². The van der Waals surface area contributed by atoms with Gasteiger partial charge in [0, 0.05) is 6.61 Å². The van der Waals surface area contributed by atoms with Gasteiger partial charge in [-0.2, -0.15) is 0 Å². The molecule has 5 nitrogen and oxygen atoms in total. The van der Waals surface area contributed by atoms with E-state index in [1.807, 2.05) is 44.2 Å². The maximum absolute atomic E-state index is 12.5. The summed E-state index contributed by atoms with van der Waals surface area (Å²) in [4.78, 5) is 17.5. The molecule has 1 fully saturated rings. The van der Waals surface area contributed by atoms with E-state index in [2.05, 4.69) is 10.3 Å². The maximum atomic E-state index is 12.5. The van der Waals surface area contributed by atoms with Gasteiger partial charge in [0.05, 0.1) is 30.0 Å². The highest BCUT2D eigenvalue weighted by Crippen LogP contribution is 2.19. The maximum Gasteiger partial charge on any atom is 0.263 e. The first-order valence-electron chi connectivity index (χ1n) is 8.11. The molecule has 3 rings (SSSR count). The van der Waals surface area contributed by atoms with Crippen molar-refractivity contribution in [1.82, 2.24) is 10.3 Å². The summed E-state index contributed by atoms with van der Waals surface area (Å²) in [5.74, 6) is -0.0710. The van der Waals surface area contributed by atoms with E-state index in [0.717, 1.165) is 22.7 Å². The van der Waals surface area contributed by atoms with Gasteiger partial charge in [0.2, 0.25) is 0 Å². The average Bonchev–Trinajstić information content (AvgIpc) is 2.93. The molecule has 6 heteroatoms. The fraction of sp³-hybridized carbons (Fsp3) is 0.444. The molecule has 2 heterocycles. The zero-order valence-corrected chi connectivity index (χ0v) is 14.8. The molecule has 1 amide bonds. The van der Waals surface area contributed by atoms with Crippen molar-refractivity contribution in [3.8, 4) is 0 Å². The third-order valence-electron chi connectivity index (χ3n) is 4.04. The summed E-state index contributed by atoms with van der Waals surface area (Å²) in [6.07, 6.45) is 0.611. The summed E-state index contributed by atoms with van der Waals surface area (Å²) < 4.78 is 11.5. The SMILES string of the molecule is Cc1nc(C)c(C(=O)N[C@@H]2CCOC[C@H]2OCc2ccccc2)s1. The second kappa shape index (κ2) is 7.88. The topological polar surface area (TPSA) is 60.5 Å². The van der Waals surface area contributed by atoms with Crippen LogP contribution in [0.25, 0.3) is 0 Å². The molecular weight excluding hydrogens is 324 g/mol. The first-order chi connectivity index (χ1) is 11.6. The molecule has 2 aromatic rings. The quantitative estimate of drug-likeness (QED) is 0.904. The highest BCUT2D eigenvalue weighted by molar-refractivity contribution is 7.13. The predicted octanol–water partition coefficient (Wildman–Crippen LogP) is 2.86. The Balaban J connectivity index is 1.61. The van der Waals surface area contributed by atoms with Gasteiger partial charge in [-0.15, -0.1) is 11.3 Å². The predicted molar refractivity (Wildman–Crippen MR) is 93.3 cm³/mol. The van der Waals surface area contributed by atoms with Crippen LogP contribution >= 0.6 is 11.3 Å². The van der Waals surface area contributed by atoms with E-state index in [-0.39, 0.29) is 18.1 Å². The number of aryl methyl sites for hydroxylation is 2. The van der Waals surface area contributed by atoms with Crippen LogP contribution in [0.15, 0.2) is 30.3 Å². The van der Waals surface area contributed by atoms with Crippen molar-refractivity contribution in [2.45, 2.75) is 39.0 Å². The molecule has 1 aliphatic heterocycles. The summed E-state index contributed by atoms with van der Waals surface area (Å²) >= 11 is 1.43. The van der Waals surface area contributed by atoms with Crippen LogP contribution in [0.4, 0.5) is 0 Å². The smallest absolute Gasteiger partial charge is 0.263 e. The van der Waals surface area contributed by atoms with Crippen LogP contribution in [0, 0.1) is 13.8 Å². The second-order valence-corrected chi connectivity index (χ2v) is 7.13. The Labute approximate surface area is 146 Å². The van der Waals surface area contributed by atoms with Crippen LogP contribution in [0.2, 0.25) is 0 Å². The van der Waals surface area contributed by atoms with Gasteiger partial charge in [0.25, 0.3) is 5.91 Å². The van der Waals surface area contributed by atoms with E-state index >= 15 is 0 Å². The van der Waals surface area contributed by atoms with Gasteiger partial charge in [0.15, 0.2) is 0 Å². The van der Waals surface area contributed by atoms with Gasteiger partial charge >= 0.3 is 0 Å². The van der Waals surface area contributed by atoms with E-state index < -0.39 is 0 Å².